The van der Waals surface area contributed by atoms with Gasteiger partial charge >= 0.3 is 0 Å². The van der Waals surface area contributed by atoms with Crippen molar-refractivity contribution < 1.29 is 14.3 Å². The SMILES string of the molecule is CC(=O)Nc1cccc(OCCNC(=O)/C=C\c2ccccc2)c1. The summed E-state index contributed by atoms with van der Waals surface area (Å²) in [4.78, 5) is 22.7. The smallest absolute Gasteiger partial charge is 0.244 e. The number of rotatable bonds is 7. The van der Waals surface area contributed by atoms with Gasteiger partial charge < -0.3 is 15.4 Å². The van der Waals surface area contributed by atoms with Crippen LogP contribution in [-0.4, -0.2) is 25.0 Å². The highest BCUT2D eigenvalue weighted by Crippen LogP contribution is 2.16. The highest BCUT2D eigenvalue weighted by atomic mass is 16.5. The van der Waals surface area contributed by atoms with Gasteiger partial charge in [-0.3, -0.25) is 9.59 Å². The lowest BCUT2D eigenvalue weighted by atomic mass is 10.2. The Morgan fingerprint density at radius 1 is 1.08 bits per heavy atom. The molecule has 2 amide bonds. The highest BCUT2D eigenvalue weighted by Gasteiger charge is 1.99. The molecule has 2 aromatic rings. The third kappa shape index (κ3) is 6.36. The molecule has 124 valence electrons. The van der Waals surface area contributed by atoms with E-state index in [4.69, 9.17) is 4.74 Å². The Morgan fingerprint density at radius 2 is 1.88 bits per heavy atom. The van der Waals surface area contributed by atoms with E-state index in [-0.39, 0.29) is 11.8 Å². The monoisotopic (exact) mass is 324 g/mol. The van der Waals surface area contributed by atoms with E-state index >= 15 is 0 Å². The molecule has 0 radical (unpaired) electrons. The molecule has 0 aliphatic carbocycles. The summed E-state index contributed by atoms with van der Waals surface area (Å²) in [6.07, 6.45) is 3.25. The fraction of sp³-hybridized carbons (Fsp3) is 0.158. The molecule has 0 heterocycles. The minimum atomic E-state index is -0.172. The predicted molar refractivity (Wildman–Crippen MR) is 94.7 cm³/mol. The molecule has 0 bridgehead atoms. The number of nitrogens with one attached hydrogen (secondary N) is 2. The number of ether oxygens (including phenoxy) is 1. The van der Waals surface area contributed by atoms with E-state index in [1.54, 1.807) is 30.3 Å². The molecular weight excluding hydrogens is 304 g/mol. The molecule has 0 atom stereocenters. The largest absolute Gasteiger partial charge is 0.492 e. The fourth-order valence-corrected chi connectivity index (χ4v) is 2.01. The lowest BCUT2D eigenvalue weighted by Gasteiger charge is -2.08. The number of carbonyl (C=O) groups excluding carboxylic acids is 2. The molecule has 0 aliphatic heterocycles. The summed E-state index contributed by atoms with van der Waals surface area (Å²) in [5, 5.41) is 5.44. The van der Waals surface area contributed by atoms with Crippen LogP contribution in [0.1, 0.15) is 12.5 Å². The molecule has 5 heteroatoms. The van der Waals surface area contributed by atoms with Gasteiger partial charge in [0, 0.05) is 24.8 Å². The van der Waals surface area contributed by atoms with Gasteiger partial charge in [-0.2, -0.15) is 0 Å². The quantitative estimate of drug-likeness (QED) is 0.608. The van der Waals surface area contributed by atoms with E-state index in [1.165, 1.54) is 13.0 Å². The first kappa shape index (κ1) is 17.3. The summed E-state index contributed by atoms with van der Waals surface area (Å²) in [6.45, 7) is 2.18. The summed E-state index contributed by atoms with van der Waals surface area (Å²) in [7, 11) is 0. The van der Waals surface area contributed by atoms with Gasteiger partial charge in [0.2, 0.25) is 11.8 Å². The van der Waals surface area contributed by atoms with Crippen LogP contribution in [0.25, 0.3) is 6.08 Å². The highest BCUT2D eigenvalue weighted by molar-refractivity contribution is 5.91. The van der Waals surface area contributed by atoms with E-state index < -0.39 is 0 Å². The number of amides is 2. The summed E-state index contributed by atoms with van der Waals surface area (Å²) in [5.74, 6) is 0.328. The van der Waals surface area contributed by atoms with Crippen molar-refractivity contribution in [1.82, 2.24) is 5.32 Å². The van der Waals surface area contributed by atoms with Crippen molar-refractivity contribution in [2.75, 3.05) is 18.5 Å². The van der Waals surface area contributed by atoms with Crippen LogP contribution in [0, 0.1) is 0 Å². The van der Waals surface area contributed by atoms with Crippen molar-refractivity contribution in [3.63, 3.8) is 0 Å². The maximum atomic E-state index is 11.7. The van der Waals surface area contributed by atoms with Gasteiger partial charge in [-0.05, 0) is 23.8 Å². The first-order chi connectivity index (χ1) is 11.6. The average molecular weight is 324 g/mol. The Morgan fingerprint density at radius 3 is 2.62 bits per heavy atom. The number of hydrogen-bond donors (Lipinski definition) is 2. The zero-order chi connectivity index (χ0) is 17.2. The molecule has 0 spiro atoms. The molecule has 2 N–H and O–H groups in total. The van der Waals surface area contributed by atoms with Crippen molar-refractivity contribution in [2.45, 2.75) is 6.92 Å². The number of hydrogen-bond acceptors (Lipinski definition) is 3. The Bertz CT molecular complexity index is 712. The molecule has 0 aliphatic rings. The second-order valence-corrected chi connectivity index (χ2v) is 5.09. The van der Waals surface area contributed by atoms with Gasteiger partial charge in [-0.25, -0.2) is 0 Å². The Kier molecular flexibility index (Phi) is 6.58. The van der Waals surface area contributed by atoms with Crippen LogP contribution in [0.3, 0.4) is 0 Å². The van der Waals surface area contributed by atoms with E-state index in [0.29, 0.717) is 24.6 Å². The summed E-state index contributed by atoms with van der Waals surface area (Å²) in [6, 6.07) is 16.7. The summed E-state index contributed by atoms with van der Waals surface area (Å²) < 4.78 is 5.55. The van der Waals surface area contributed by atoms with Crippen molar-refractivity contribution in [3.8, 4) is 5.75 Å². The fourth-order valence-electron chi connectivity index (χ4n) is 2.01. The number of anilines is 1. The second kappa shape index (κ2) is 9.15. The zero-order valence-electron chi connectivity index (χ0n) is 13.5. The van der Waals surface area contributed by atoms with Gasteiger partial charge in [0.25, 0.3) is 0 Å². The number of carbonyl (C=O) groups is 2. The molecule has 0 saturated heterocycles. The van der Waals surface area contributed by atoms with Crippen molar-refractivity contribution in [3.05, 3.63) is 66.2 Å². The maximum Gasteiger partial charge on any atom is 0.244 e. The summed E-state index contributed by atoms with van der Waals surface area (Å²) in [5.41, 5.74) is 1.65. The molecule has 2 rings (SSSR count). The normalized spacial score (nSPS) is 10.4. The minimum Gasteiger partial charge on any atom is -0.492 e. The minimum absolute atomic E-state index is 0.135. The van der Waals surface area contributed by atoms with Crippen molar-refractivity contribution >= 4 is 23.6 Å². The van der Waals surface area contributed by atoms with E-state index in [1.807, 2.05) is 30.3 Å². The molecule has 24 heavy (non-hydrogen) atoms. The lowest BCUT2D eigenvalue weighted by Crippen LogP contribution is -2.26. The Balaban J connectivity index is 1.72. The third-order valence-electron chi connectivity index (χ3n) is 3.05. The van der Waals surface area contributed by atoms with E-state index in [9.17, 15) is 9.59 Å². The van der Waals surface area contributed by atoms with Crippen molar-refractivity contribution in [2.24, 2.45) is 0 Å². The van der Waals surface area contributed by atoms with Crippen LogP contribution >= 0.6 is 0 Å². The first-order valence-electron chi connectivity index (χ1n) is 7.65. The van der Waals surface area contributed by atoms with Crippen LogP contribution in [0.15, 0.2) is 60.7 Å². The molecule has 0 saturated carbocycles. The standard InChI is InChI=1S/C19H20N2O3/c1-15(22)21-17-8-5-9-18(14-17)24-13-12-20-19(23)11-10-16-6-3-2-4-7-16/h2-11,14H,12-13H2,1H3,(H,20,23)(H,21,22)/b11-10-. The Hall–Kier alpha value is -3.08. The molecule has 0 fully saturated rings. The maximum absolute atomic E-state index is 11.7. The third-order valence-corrected chi connectivity index (χ3v) is 3.05. The van der Waals surface area contributed by atoms with Crippen LogP contribution in [0.2, 0.25) is 0 Å². The first-order valence-corrected chi connectivity index (χ1v) is 7.65. The van der Waals surface area contributed by atoms with Crippen LogP contribution in [0.4, 0.5) is 5.69 Å². The Labute approximate surface area is 141 Å². The van der Waals surface area contributed by atoms with Gasteiger partial charge in [0.1, 0.15) is 12.4 Å². The molecule has 2 aromatic carbocycles. The topological polar surface area (TPSA) is 67.4 Å². The van der Waals surface area contributed by atoms with Gasteiger partial charge in [0.05, 0.1) is 6.54 Å². The predicted octanol–water partition coefficient (Wildman–Crippen LogP) is 2.85. The van der Waals surface area contributed by atoms with Gasteiger partial charge in [0.15, 0.2) is 0 Å². The van der Waals surface area contributed by atoms with Crippen LogP contribution < -0.4 is 15.4 Å². The molecule has 0 unspecified atom stereocenters. The lowest BCUT2D eigenvalue weighted by molar-refractivity contribution is -0.116. The summed E-state index contributed by atoms with van der Waals surface area (Å²) >= 11 is 0. The zero-order valence-corrected chi connectivity index (χ0v) is 13.5. The second-order valence-electron chi connectivity index (χ2n) is 5.09. The molecule has 5 nitrogen and oxygen atoms in total. The number of benzene rings is 2. The van der Waals surface area contributed by atoms with E-state index in [2.05, 4.69) is 10.6 Å². The molecule has 0 aromatic heterocycles. The van der Waals surface area contributed by atoms with E-state index in [0.717, 1.165) is 5.56 Å². The van der Waals surface area contributed by atoms with Gasteiger partial charge in [-0.15, -0.1) is 0 Å². The van der Waals surface area contributed by atoms with Gasteiger partial charge in [-0.1, -0.05) is 36.4 Å². The van der Waals surface area contributed by atoms with Crippen molar-refractivity contribution in [1.29, 1.82) is 0 Å². The average Bonchev–Trinajstić information content (AvgIpc) is 2.58. The van der Waals surface area contributed by atoms with Crippen LogP contribution in [-0.2, 0) is 9.59 Å². The molecular formula is C19H20N2O3. The van der Waals surface area contributed by atoms with Crippen LogP contribution in [0.5, 0.6) is 5.75 Å².